The average Bonchev–Trinajstić information content (AvgIpc) is 0. The Balaban J connectivity index is 0. The normalized spacial score (nSPS) is 0. The Bertz CT molecular complexity index is 8.49. The van der Waals surface area contributed by atoms with Crippen molar-refractivity contribution in [3.8, 4) is 0 Å². The number of hydrogen-bond acceptors (Lipinski definition) is 0. The average molecular weight is 709 g/mol. The third-order valence-corrected chi connectivity index (χ3v) is 0. The summed E-state index contributed by atoms with van der Waals surface area (Å²) in [6, 6.07) is 0. The van der Waals surface area contributed by atoms with Gasteiger partial charge < -0.3 is 0 Å². The second-order valence-electron chi connectivity index (χ2n) is 0. The van der Waals surface area contributed by atoms with Gasteiger partial charge in [0.1, 0.15) is 0 Å². The van der Waals surface area contributed by atoms with Gasteiger partial charge in [-0.2, -0.15) is 0 Å². The molecule has 0 aromatic heterocycles. The van der Waals surface area contributed by atoms with Gasteiger partial charge in [-0.1, -0.05) is 0 Å². The van der Waals surface area contributed by atoms with Gasteiger partial charge in [-0.3, -0.25) is 0 Å². The minimum atomic E-state index is 0. The van der Waals surface area contributed by atoms with Crippen LogP contribution in [0.3, 0.4) is 0 Å². The van der Waals surface area contributed by atoms with E-state index in [9.17, 15) is 0 Å². The van der Waals surface area contributed by atoms with E-state index in [4.69, 9.17) is 0 Å². The van der Waals surface area contributed by atoms with Crippen molar-refractivity contribution in [2.24, 2.45) is 0 Å². The van der Waals surface area contributed by atoms with Crippen LogP contribution < -0.4 is 0 Å². The van der Waals surface area contributed by atoms with Crippen LogP contribution in [-0.4, -0.2) is 106 Å². The van der Waals surface area contributed by atoms with Crippen molar-refractivity contribution in [3.05, 3.63) is 0 Å². The quantitative estimate of drug-likeness (QED) is 0.220. The van der Waals surface area contributed by atoms with E-state index in [1.54, 1.807) is 0 Å². The minimum Gasteiger partial charge on any atom is 2.00 e. The molecule has 0 aliphatic carbocycles. The number of rotatable bonds is 0. The molecule has 0 fully saturated rings. The predicted molar refractivity (Wildman–Crippen MR) is 76.4 cm³/mol. The molecule has 0 aromatic carbocycles. The van der Waals surface area contributed by atoms with Crippen LogP contribution in [0.2, 0.25) is 0 Å². The molecule has 0 bridgehead atoms. The summed E-state index contributed by atoms with van der Waals surface area (Å²) in [5.41, 5.74) is 0. The van der Waals surface area contributed by atoms with Gasteiger partial charge >= 0.3 is 148 Å². The number of hydrogen-bond donors (Lipinski definition) is 0. The zero-order valence-corrected chi connectivity index (χ0v) is 4.65. The molecule has 0 heterocycles. The Labute approximate surface area is 145 Å². The molecule has 0 aliphatic heterocycles. The molecule has 0 amide bonds. The zero-order chi connectivity index (χ0) is 0. The summed E-state index contributed by atoms with van der Waals surface area (Å²) in [6.07, 6.45) is 0. The second kappa shape index (κ2) is 61.0. The van der Waals surface area contributed by atoms with Crippen molar-refractivity contribution < 1.29 is 42.8 Å². The van der Waals surface area contributed by atoms with Gasteiger partial charge in [0.15, 0.2) is 0 Å². The molecule has 68 valence electrons. The van der Waals surface area contributed by atoms with Crippen molar-refractivity contribution in [1.82, 2.24) is 0 Å². The van der Waals surface area contributed by atoms with Crippen LogP contribution in [0, 0.1) is 0 Å². The third kappa shape index (κ3) is 45.8. The minimum absolute atomic E-state index is 0. The molecule has 8 heteroatoms. The van der Waals surface area contributed by atoms with Crippen molar-refractivity contribution in [1.29, 1.82) is 0 Å². The Kier molecular flexibility index (Phi) is 605. The Morgan fingerprint density at radius 3 is 0.375 bits per heavy atom. The molecular weight excluding hydrogens is 679 g/mol. The van der Waals surface area contributed by atoms with Crippen LogP contribution in [0.25, 0.3) is 0 Å². The molecule has 8 heavy (non-hydrogen) atoms. The standard InChI is InChI=1S/6GeH5.Pt.Ti/h6*1H5;;/q6*-1;+2;+4. The van der Waals surface area contributed by atoms with Crippen LogP contribution in [0.4, 0.5) is 0 Å². The molecule has 0 N–H and O–H groups in total. The van der Waals surface area contributed by atoms with Crippen molar-refractivity contribution in [2.45, 2.75) is 0 Å². The summed E-state index contributed by atoms with van der Waals surface area (Å²) < 4.78 is 0. The van der Waals surface area contributed by atoms with E-state index in [1.165, 1.54) is 0 Å². The maximum absolute atomic E-state index is 0. The summed E-state index contributed by atoms with van der Waals surface area (Å²) >= 11 is 0. The summed E-state index contributed by atoms with van der Waals surface area (Å²) in [7, 11) is 0. The molecule has 0 nitrogen and oxygen atoms in total. The van der Waals surface area contributed by atoms with Crippen LogP contribution in [0.5, 0.6) is 0 Å². The van der Waals surface area contributed by atoms with E-state index in [-0.39, 0.29) is 148 Å². The van der Waals surface area contributed by atoms with Crippen molar-refractivity contribution in [2.75, 3.05) is 0 Å². The first-order valence-electron chi connectivity index (χ1n) is 0. The van der Waals surface area contributed by atoms with E-state index in [0.29, 0.717) is 0 Å². The molecule has 0 spiro atoms. The summed E-state index contributed by atoms with van der Waals surface area (Å²) in [4.78, 5) is 0. The van der Waals surface area contributed by atoms with Gasteiger partial charge in [-0.05, 0) is 0 Å². The topological polar surface area (TPSA) is 0 Å². The van der Waals surface area contributed by atoms with Crippen LogP contribution in [0.15, 0.2) is 0 Å². The Morgan fingerprint density at radius 1 is 0.375 bits per heavy atom. The Morgan fingerprint density at radius 2 is 0.375 bits per heavy atom. The van der Waals surface area contributed by atoms with E-state index in [2.05, 4.69) is 0 Å². The fourth-order valence-corrected chi connectivity index (χ4v) is 0. The molecule has 0 unspecified atom stereocenters. The van der Waals surface area contributed by atoms with Gasteiger partial charge in [-0.25, -0.2) is 0 Å². The first-order valence-corrected chi connectivity index (χ1v) is 0. The van der Waals surface area contributed by atoms with E-state index < -0.39 is 0 Å². The van der Waals surface area contributed by atoms with Gasteiger partial charge in [0.05, 0.1) is 0 Å². The summed E-state index contributed by atoms with van der Waals surface area (Å²) in [5, 5.41) is 0. The van der Waals surface area contributed by atoms with Crippen LogP contribution >= 0.6 is 0 Å². The fraction of sp³-hybridized carbons (Fsp3) is 0. The Hall–Kier alpha value is 4.66. The van der Waals surface area contributed by atoms with Gasteiger partial charge in [-0.15, -0.1) is 0 Å². The van der Waals surface area contributed by atoms with Gasteiger partial charge in [0, 0.05) is 0 Å². The summed E-state index contributed by atoms with van der Waals surface area (Å²) in [6.45, 7) is 0. The summed E-state index contributed by atoms with van der Waals surface area (Å²) in [5.74, 6) is 0. The van der Waals surface area contributed by atoms with Crippen LogP contribution in [-0.2, 0) is 42.8 Å². The molecule has 0 rings (SSSR count). The predicted octanol–water partition coefficient (Wildman–Crippen LogP) is -10.3. The SMILES string of the molecule is [GeH5-].[GeH5-].[GeH5-].[GeH5-].[GeH5-].[GeH5-].[Pt+2].[Ti+4]. The van der Waals surface area contributed by atoms with Gasteiger partial charge in [0.25, 0.3) is 0 Å². The maximum atomic E-state index is 0. The monoisotopic (exact) mass is 717 g/mol. The maximum Gasteiger partial charge on any atom is 4.00 e. The first-order chi connectivity index (χ1) is 0. The third-order valence-electron chi connectivity index (χ3n) is 0. The molecule has 0 aliphatic rings. The fourth-order valence-electron chi connectivity index (χ4n) is 0. The molecule has 0 radical (unpaired) electrons. The molecular formula is H30Ge6PtTi. The zero-order valence-electron chi connectivity index (χ0n) is 0.816. The van der Waals surface area contributed by atoms with E-state index in [1.807, 2.05) is 0 Å². The van der Waals surface area contributed by atoms with Crippen molar-refractivity contribution >= 4 is 106 Å². The molecule has 0 aromatic rings. The van der Waals surface area contributed by atoms with Crippen LogP contribution in [0.1, 0.15) is 0 Å². The van der Waals surface area contributed by atoms with Crippen molar-refractivity contribution in [3.63, 3.8) is 0 Å². The second-order valence-corrected chi connectivity index (χ2v) is 0. The largest absolute Gasteiger partial charge is 4.00 e. The van der Waals surface area contributed by atoms with E-state index in [0.717, 1.165) is 0 Å². The smallest absolute Gasteiger partial charge is 2.00 e. The molecule has 0 saturated carbocycles. The molecule has 0 atom stereocenters. The van der Waals surface area contributed by atoms with E-state index >= 15 is 0 Å². The molecule has 0 saturated heterocycles. The first kappa shape index (κ1) is 79.3. The van der Waals surface area contributed by atoms with Gasteiger partial charge in [0.2, 0.25) is 0 Å².